The minimum absolute atomic E-state index is 0.0205. The van der Waals surface area contributed by atoms with Crippen LogP contribution in [0.15, 0.2) is 70.3 Å². The fraction of sp³-hybridized carbons (Fsp3) is 0.250. The van der Waals surface area contributed by atoms with Crippen molar-refractivity contribution in [1.82, 2.24) is 19.8 Å². The first-order valence-electron chi connectivity index (χ1n) is 12.3. The summed E-state index contributed by atoms with van der Waals surface area (Å²) in [5, 5.41) is 6.43. The van der Waals surface area contributed by atoms with Crippen LogP contribution in [0.3, 0.4) is 0 Å². The number of benzene rings is 2. The number of aldehydes is 1. The van der Waals surface area contributed by atoms with Crippen molar-refractivity contribution in [3.05, 3.63) is 92.5 Å². The molecule has 0 saturated carbocycles. The first-order valence-corrected chi connectivity index (χ1v) is 12.3. The Morgan fingerprint density at radius 1 is 0.821 bits per heavy atom. The topological polar surface area (TPSA) is 138 Å². The van der Waals surface area contributed by atoms with Crippen molar-refractivity contribution in [1.29, 1.82) is 0 Å². The van der Waals surface area contributed by atoms with Gasteiger partial charge in [0.2, 0.25) is 0 Å². The Balaban J connectivity index is 0.000000183. The van der Waals surface area contributed by atoms with Gasteiger partial charge in [-0.1, -0.05) is 36.4 Å². The number of carbonyl (C=O) groups is 3. The number of aromatic nitrogens is 2. The van der Waals surface area contributed by atoms with Crippen LogP contribution in [0.4, 0.5) is 0 Å². The fourth-order valence-corrected chi connectivity index (χ4v) is 4.43. The zero-order valence-electron chi connectivity index (χ0n) is 21.5. The largest absolute Gasteiger partial charge is 0.355 e. The van der Waals surface area contributed by atoms with Gasteiger partial charge < -0.3 is 34.0 Å². The first kappa shape index (κ1) is 27.4. The van der Waals surface area contributed by atoms with Gasteiger partial charge in [-0.25, -0.2) is 0 Å². The van der Waals surface area contributed by atoms with Crippen LogP contribution < -0.4 is 21.8 Å². The fourth-order valence-electron chi connectivity index (χ4n) is 4.43. The van der Waals surface area contributed by atoms with E-state index in [1.807, 2.05) is 24.3 Å². The summed E-state index contributed by atoms with van der Waals surface area (Å²) in [6.45, 7) is 1.36. The van der Waals surface area contributed by atoms with E-state index in [-0.39, 0.29) is 29.5 Å². The smallest absolute Gasteiger partial charge is 0.252 e. The summed E-state index contributed by atoms with van der Waals surface area (Å²) in [4.78, 5) is 58.5. The Hall–Kier alpha value is -4.61. The highest BCUT2D eigenvalue weighted by molar-refractivity contribution is 6.06. The number of ether oxygens (including phenoxy) is 2. The van der Waals surface area contributed by atoms with E-state index < -0.39 is 6.29 Å². The number of pyridine rings is 2. The zero-order valence-corrected chi connectivity index (χ0v) is 21.5. The second kappa shape index (κ2) is 12.3. The molecule has 202 valence electrons. The van der Waals surface area contributed by atoms with E-state index in [4.69, 9.17) is 9.47 Å². The quantitative estimate of drug-likeness (QED) is 0.357. The minimum Gasteiger partial charge on any atom is -0.355 e. The van der Waals surface area contributed by atoms with Gasteiger partial charge in [-0.2, -0.15) is 0 Å². The molecule has 1 aliphatic rings. The molecule has 1 fully saturated rings. The molecule has 1 aliphatic heterocycles. The van der Waals surface area contributed by atoms with Crippen molar-refractivity contribution in [2.45, 2.75) is 19.4 Å². The lowest BCUT2D eigenvalue weighted by atomic mass is 10.1. The van der Waals surface area contributed by atoms with Crippen LogP contribution in [0, 0.1) is 0 Å². The van der Waals surface area contributed by atoms with Crippen molar-refractivity contribution < 1.29 is 23.9 Å². The van der Waals surface area contributed by atoms with Gasteiger partial charge in [-0.3, -0.25) is 19.2 Å². The molecule has 0 unspecified atom stereocenters. The summed E-state index contributed by atoms with van der Waals surface area (Å²) in [5.41, 5.74) is 1.37. The second-order valence-electron chi connectivity index (χ2n) is 8.54. The summed E-state index contributed by atoms with van der Waals surface area (Å²) in [6, 6.07) is 16.9. The summed E-state index contributed by atoms with van der Waals surface area (Å²) in [7, 11) is 3.05. The zero-order chi connectivity index (χ0) is 27.9. The molecule has 0 spiro atoms. The van der Waals surface area contributed by atoms with E-state index in [1.54, 1.807) is 35.9 Å². The third-order valence-electron chi connectivity index (χ3n) is 6.26. The van der Waals surface area contributed by atoms with Crippen molar-refractivity contribution >= 4 is 39.9 Å². The number of nitrogens with zero attached hydrogens (tertiary/aromatic N) is 2. The normalized spacial score (nSPS) is 13.1. The van der Waals surface area contributed by atoms with Crippen molar-refractivity contribution in [3.63, 3.8) is 0 Å². The Labute approximate surface area is 222 Å². The van der Waals surface area contributed by atoms with E-state index in [9.17, 15) is 24.0 Å². The molecular weight excluding hydrogens is 504 g/mol. The molecule has 11 nitrogen and oxygen atoms in total. The lowest BCUT2D eigenvalue weighted by Gasteiger charge is -2.15. The average Bonchev–Trinajstić information content (AvgIpc) is 3.48. The Morgan fingerprint density at radius 2 is 1.28 bits per heavy atom. The number of para-hydroxylation sites is 2. The Bertz CT molecular complexity index is 1650. The van der Waals surface area contributed by atoms with Gasteiger partial charge >= 0.3 is 0 Å². The lowest BCUT2D eigenvalue weighted by molar-refractivity contribution is -0.108. The number of hydrogen-bond acceptors (Lipinski definition) is 7. The van der Waals surface area contributed by atoms with Gasteiger partial charge in [0.05, 0.1) is 48.5 Å². The number of amides is 2. The highest BCUT2D eigenvalue weighted by Gasteiger charge is 2.20. The Kier molecular flexibility index (Phi) is 8.64. The standard InChI is InChI=1S/C15H16N2O4.C13H12N2O3/c1-16-15(19)11-8-13(18)17(9-14-20-6-7-21-14)12-5-3-2-4-10(11)12;1-14-13(18)10-8-12(17)15(6-7-16)11-5-3-2-4-9(10)11/h2-5,8,14H,6-7,9H2,1H3,(H,16,19);2-5,7-8H,6H2,1H3,(H,14,18). The molecule has 0 bridgehead atoms. The summed E-state index contributed by atoms with van der Waals surface area (Å²) < 4.78 is 13.7. The van der Waals surface area contributed by atoms with E-state index in [0.29, 0.717) is 53.6 Å². The van der Waals surface area contributed by atoms with Crippen LogP contribution in [-0.2, 0) is 27.4 Å². The van der Waals surface area contributed by atoms with E-state index >= 15 is 0 Å². The number of fused-ring (bicyclic) bond motifs is 2. The summed E-state index contributed by atoms with van der Waals surface area (Å²) in [5.74, 6) is -0.592. The third-order valence-corrected chi connectivity index (χ3v) is 6.26. The molecular formula is C28H28N4O7. The SMILES string of the molecule is CNC(=O)c1cc(=O)n(CC2OCCO2)c2ccccc12.CNC(=O)c1cc(=O)n(CC=O)c2ccccc12. The van der Waals surface area contributed by atoms with Gasteiger partial charge in [0, 0.05) is 37.0 Å². The molecule has 39 heavy (non-hydrogen) atoms. The van der Waals surface area contributed by atoms with Crippen LogP contribution in [0.5, 0.6) is 0 Å². The lowest BCUT2D eigenvalue weighted by Crippen LogP contribution is -2.29. The highest BCUT2D eigenvalue weighted by Crippen LogP contribution is 2.19. The molecule has 0 atom stereocenters. The monoisotopic (exact) mass is 532 g/mol. The molecule has 2 aromatic carbocycles. The van der Waals surface area contributed by atoms with Crippen LogP contribution in [0.1, 0.15) is 20.7 Å². The van der Waals surface area contributed by atoms with Gasteiger partial charge in [0.1, 0.15) is 6.29 Å². The van der Waals surface area contributed by atoms with Crippen molar-refractivity contribution in [2.24, 2.45) is 0 Å². The molecule has 3 heterocycles. The van der Waals surface area contributed by atoms with E-state index in [0.717, 1.165) is 5.39 Å². The Morgan fingerprint density at radius 3 is 1.77 bits per heavy atom. The predicted octanol–water partition coefficient (Wildman–Crippen LogP) is 1.29. The molecule has 0 aliphatic carbocycles. The molecule has 2 amide bonds. The number of hydrogen-bond donors (Lipinski definition) is 2. The average molecular weight is 533 g/mol. The number of carbonyl (C=O) groups excluding carboxylic acids is 3. The van der Waals surface area contributed by atoms with Crippen molar-refractivity contribution in [2.75, 3.05) is 27.3 Å². The maximum absolute atomic E-state index is 12.3. The number of rotatable bonds is 6. The predicted molar refractivity (Wildman–Crippen MR) is 145 cm³/mol. The van der Waals surface area contributed by atoms with Crippen LogP contribution in [-0.4, -0.2) is 60.8 Å². The second-order valence-corrected chi connectivity index (χ2v) is 8.54. The molecule has 2 aromatic heterocycles. The molecule has 4 aromatic rings. The first-order chi connectivity index (χ1) is 18.9. The molecule has 0 radical (unpaired) electrons. The van der Waals surface area contributed by atoms with Gasteiger partial charge in [-0.05, 0) is 12.1 Å². The van der Waals surface area contributed by atoms with E-state index in [2.05, 4.69) is 10.6 Å². The van der Waals surface area contributed by atoms with Crippen LogP contribution in [0.2, 0.25) is 0 Å². The maximum atomic E-state index is 12.3. The van der Waals surface area contributed by atoms with Crippen LogP contribution in [0.25, 0.3) is 21.8 Å². The molecule has 11 heteroatoms. The molecule has 2 N–H and O–H groups in total. The van der Waals surface area contributed by atoms with Gasteiger partial charge in [0.25, 0.3) is 22.9 Å². The van der Waals surface area contributed by atoms with E-state index in [1.165, 1.54) is 23.7 Å². The van der Waals surface area contributed by atoms with Gasteiger partial charge in [-0.15, -0.1) is 0 Å². The summed E-state index contributed by atoms with van der Waals surface area (Å²) >= 11 is 0. The van der Waals surface area contributed by atoms with Gasteiger partial charge in [0.15, 0.2) is 6.29 Å². The number of nitrogens with one attached hydrogen (secondary N) is 2. The van der Waals surface area contributed by atoms with Crippen molar-refractivity contribution in [3.8, 4) is 0 Å². The maximum Gasteiger partial charge on any atom is 0.252 e. The van der Waals surface area contributed by atoms with Crippen LogP contribution >= 0.6 is 0 Å². The molecule has 5 rings (SSSR count). The highest BCUT2D eigenvalue weighted by atomic mass is 16.7. The summed E-state index contributed by atoms with van der Waals surface area (Å²) in [6.07, 6.45) is 0.241. The molecule has 1 saturated heterocycles. The minimum atomic E-state index is -0.419. The third kappa shape index (κ3) is 5.79.